The number of nitrogens with zero attached hydrogens (tertiary/aromatic N) is 1. The molecule has 0 amide bonds. The van der Waals surface area contributed by atoms with Gasteiger partial charge in [-0.25, -0.2) is 0 Å². The molecule has 1 aliphatic carbocycles. The molecular weight excluding hydrogens is 319 g/mol. The summed E-state index contributed by atoms with van der Waals surface area (Å²) in [6.45, 7) is 0. The van der Waals surface area contributed by atoms with Crippen LogP contribution in [0, 0.1) is 10.1 Å². The molecule has 0 unspecified atom stereocenters. The maximum absolute atomic E-state index is 11.1. The number of rotatable bonds is 4. The van der Waals surface area contributed by atoms with Crippen LogP contribution < -0.4 is 5.32 Å². The Labute approximate surface area is 132 Å². The zero-order valence-electron chi connectivity index (χ0n) is 11.1. The van der Waals surface area contributed by atoms with Crippen LogP contribution >= 0.6 is 35.0 Å². The Kier molecular flexibility index (Phi) is 5.41. The lowest BCUT2D eigenvalue weighted by Gasteiger charge is -2.28. The maximum atomic E-state index is 11.1. The average molecular weight is 335 g/mol. The quantitative estimate of drug-likeness (QED) is 0.622. The van der Waals surface area contributed by atoms with E-state index < -0.39 is 4.92 Å². The van der Waals surface area contributed by atoms with E-state index in [-0.39, 0.29) is 16.8 Å². The molecule has 0 heterocycles. The molecule has 2 rings (SSSR count). The van der Waals surface area contributed by atoms with Crippen molar-refractivity contribution in [2.45, 2.75) is 37.0 Å². The SMILES string of the molecule is CSC1CCC(Nc2cc(Cl)c(Cl)cc2[N+](=O)[O-])CC1. The van der Waals surface area contributed by atoms with E-state index in [1.54, 1.807) is 6.07 Å². The molecule has 1 aromatic rings. The first-order valence-electron chi connectivity index (χ1n) is 6.44. The van der Waals surface area contributed by atoms with E-state index >= 15 is 0 Å². The van der Waals surface area contributed by atoms with Crippen LogP contribution in [0.4, 0.5) is 11.4 Å². The zero-order chi connectivity index (χ0) is 14.7. The average Bonchev–Trinajstić information content (AvgIpc) is 2.43. The predicted octanol–water partition coefficient (Wildman–Crippen LogP) is 4.99. The second kappa shape index (κ2) is 6.87. The van der Waals surface area contributed by atoms with Crippen molar-refractivity contribution < 1.29 is 4.92 Å². The summed E-state index contributed by atoms with van der Waals surface area (Å²) < 4.78 is 0. The Morgan fingerprint density at radius 1 is 1.25 bits per heavy atom. The molecule has 1 N–H and O–H groups in total. The summed E-state index contributed by atoms with van der Waals surface area (Å²) in [6, 6.07) is 3.11. The molecule has 0 aromatic heterocycles. The number of benzene rings is 1. The number of hydrogen-bond acceptors (Lipinski definition) is 4. The Morgan fingerprint density at radius 2 is 1.85 bits per heavy atom. The number of hydrogen-bond donors (Lipinski definition) is 1. The normalized spacial score (nSPS) is 22.6. The van der Waals surface area contributed by atoms with E-state index in [9.17, 15) is 10.1 Å². The lowest BCUT2D eigenvalue weighted by molar-refractivity contribution is -0.384. The molecule has 4 nitrogen and oxygen atoms in total. The van der Waals surface area contributed by atoms with Crippen molar-refractivity contribution in [1.82, 2.24) is 0 Å². The van der Waals surface area contributed by atoms with Crippen molar-refractivity contribution in [2.24, 2.45) is 0 Å². The first kappa shape index (κ1) is 15.7. The minimum atomic E-state index is -0.432. The second-order valence-electron chi connectivity index (χ2n) is 4.89. The van der Waals surface area contributed by atoms with Gasteiger partial charge in [-0.15, -0.1) is 0 Å². The Balaban J connectivity index is 2.13. The highest BCUT2D eigenvalue weighted by Crippen LogP contribution is 2.36. The molecule has 0 radical (unpaired) electrons. The summed E-state index contributed by atoms with van der Waals surface area (Å²) >= 11 is 13.7. The third-order valence-electron chi connectivity index (χ3n) is 3.60. The summed E-state index contributed by atoms with van der Waals surface area (Å²) in [7, 11) is 0. The van der Waals surface area contributed by atoms with Crippen molar-refractivity contribution in [3.8, 4) is 0 Å². The molecule has 0 bridgehead atoms. The standard InChI is InChI=1S/C13H16Cl2N2O2S/c1-20-9-4-2-8(3-5-9)16-12-6-10(14)11(15)7-13(12)17(18)19/h6-9,16H,2-5H2,1H3. The van der Waals surface area contributed by atoms with Crippen LogP contribution in [0.5, 0.6) is 0 Å². The van der Waals surface area contributed by atoms with Gasteiger partial charge in [-0.3, -0.25) is 10.1 Å². The lowest BCUT2D eigenvalue weighted by atomic mass is 9.94. The Hall–Kier alpha value is -0.650. The second-order valence-corrected chi connectivity index (χ2v) is 6.85. The van der Waals surface area contributed by atoms with Crippen molar-refractivity contribution in [3.05, 3.63) is 32.3 Å². The van der Waals surface area contributed by atoms with Crippen LogP contribution in [-0.4, -0.2) is 22.5 Å². The van der Waals surface area contributed by atoms with Crippen molar-refractivity contribution in [1.29, 1.82) is 0 Å². The monoisotopic (exact) mass is 334 g/mol. The molecule has 1 fully saturated rings. The Bertz CT molecular complexity index is 505. The van der Waals surface area contributed by atoms with Crippen LogP contribution in [0.25, 0.3) is 0 Å². The molecular formula is C13H16Cl2N2O2S. The number of nitro benzene ring substituents is 1. The first-order valence-corrected chi connectivity index (χ1v) is 8.48. The fourth-order valence-electron chi connectivity index (χ4n) is 2.47. The summed E-state index contributed by atoms with van der Waals surface area (Å²) in [5.41, 5.74) is 0.434. The van der Waals surface area contributed by atoms with Gasteiger partial charge in [0.2, 0.25) is 0 Å². The predicted molar refractivity (Wildman–Crippen MR) is 86.3 cm³/mol. The summed E-state index contributed by atoms with van der Waals surface area (Å²) in [6.07, 6.45) is 6.43. The zero-order valence-corrected chi connectivity index (χ0v) is 13.4. The fourth-order valence-corrected chi connectivity index (χ4v) is 3.53. The van der Waals surface area contributed by atoms with Gasteiger partial charge in [0.15, 0.2) is 0 Å². The van der Waals surface area contributed by atoms with Crippen LogP contribution in [0.15, 0.2) is 12.1 Å². The van der Waals surface area contributed by atoms with E-state index in [0.717, 1.165) is 25.7 Å². The molecule has 110 valence electrons. The van der Waals surface area contributed by atoms with Gasteiger partial charge < -0.3 is 5.32 Å². The van der Waals surface area contributed by atoms with Gasteiger partial charge in [-0.2, -0.15) is 11.8 Å². The molecule has 1 aliphatic rings. The van der Waals surface area contributed by atoms with E-state index in [0.29, 0.717) is 16.0 Å². The number of nitrogens with one attached hydrogen (secondary N) is 1. The summed E-state index contributed by atoms with van der Waals surface area (Å²) in [4.78, 5) is 10.7. The molecule has 20 heavy (non-hydrogen) atoms. The molecule has 0 spiro atoms. The maximum Gasteiger partial charge on any atom is 0.293 e. The van der Waals surface area contributed by atoms with Gasteiger partial charge in [0.05, 0.1) is 15.0 Å². The minimum Gasteiger partial charge on any atom is -0.377 e. The van der Waals surface area contributed by atoms with E-state index in [4.69, 9.17) is 23.2 Å². The smallest absolute Gasteiger partial charge is 0.293 e. The van der Waals surface area contributed by atoms with E-state index in [1.807, 2.05) is 11.8 Å². The molecule has 0 saturated heterocycles. The van der Waals surface area contributed by atoms with Crippen LogP contribution in [-0.2, 0) is 0 Å². The highest BCUT2D eigenvalue weighted by molar-refractivity contribution is 7.99. The van der Waals surface area contributed by atoms with E-state index in [2.05, 4.69) is 11.6 Å². The lowest BCUT2D eigenvalue weighted by Crippen LogP contribution is -2.27. The molecule has 7 heteroatoms. The third kappa shape index (κ3) is 3.71. The van der Waals surface area contributed by atoms with Crippen molar-refractivity contribution in [3.63, 3.8) is 0 Å². The summed E-state index contributed by atoms with van der Waals surface area (Å²) in [5.74, 6) is 0. The molecule has 1 aromatic carbocycles. The van der Waals surface area contributed by atoms with Gasteiger partial charge in [0.1, 0.15) is 5.69 Å². The van der Waals surface area contributed by atoms with Gasteiger partial charge in [0.25, 0.3) is 5.69 Å². The topological polar surface area (TPSA) is 55.2 Å². The van der Waals surface area contributed by atoms with Gasteiger partial charge >= 0.3 is 0 Å². The van der Waals surface area contributed by atoms with Crippen LogP contribution in [0.1, 0.15) is 25.7 Å². The number of halogens is 2. The van der Waals surface area contributed by atoms with E-state index in [1.165, 1.54) is 6.07 Å². The van der Waals surface area contributed by atoms with Gasteiger partial charge in [-0.05, 0) is 38.0 Å². The summed E-state index contributed by atoms with van der Waals surface area (Å²) in [5, 5.41) is 15.6. The third-order valence-corrected chi connectivity index (χ3v) is 5.46. The molecule has 1 saturated carbocycles. The highest BCUT2D eigenvalue weighted by Gasteiger charge is 2.24. The number of nitro groups is 1. The van der Waals surface area contributed by atoms with Crippen molar-refractivity contribution >= 4 is 46.3 Å². The van der Waals surface area contributed by atoms with Gasteiger partial charge in [-0.1, -0.05) is 23.2 Å². The first-order chi connectivity index (χ1) is 9.51. The van der Waals surface area contributed by atoms with Crippen molar-refractivity contribution in [2.75, 3.05) is 11.6 Å². The highest BCUT2D eigenvalue weighted by atomic mass is 35.5. The number of thioether (sulfide) groups is 1. The molecule has 0 atom stereocenters. The number of anilines is 1. The molecule has 0 aliphatic heterocycles. The fraction of sp³-hybridized carbons (Fsp3) is 0.538. The van der Waals surface area contributed by atoms with Gasteiger partial charge in [0, 0.05) is 17.4 Å². The minimum absolute atomic E-state index is 0.0219. The van der Waals surface area contributed by atoms with Crippen LogP contribution in [0.2, 0.25) is 10.0 Å². The Morgan fingerprint density at radius 3 is 2.40 bits per heavy atom. The van der Waals surface area contributed by atoms with Crippen LogP contribution in [0.3, 0.4) is 0 Å². The largest absolute Gasteiger partial charge is 0.377 e.